The molecule has 0 radical (unpaired) electrons. The largest absolute Gasteiger partial charge is 0.355 e. The molecule has 1 aromatic heterocycles. The van der Waals surface area contributed by atoms with E-state index in [0.29, 0.717) is 18.9 Å². The van der Waals surface area contributed by atoms with Crippen LogP contribution < -0.4 is 10.2 Å². The third-order valence-corrected chi connectivity index (χ3v) is 4.01. The molecule has 23 heavy (non-hydrogen) atoms. The van der Waals surface area contributed by atoms with Gasteiger partial charge in [-0.25, -0.2) is 4.98 Å². The number of carbonyl (C=O) groups is 1. The van der Waals surface area contributed by atoms with Gasteiger partial charge in [0, 0.05) is 37.3 Å². The average Bonchev–Trinajstić information content (AvgIpc) is 2.52. The van der Waals surface area contributed by atoms with Gasteiger partial charge in [-0.2, -0.15) is 0 Å². The van der Waals surface area contributed by atoms with Crippen molar-refractivity contribution in [3.8, 4) is 0 Å². The molecular weight excluding hydrogens is 296 g/mol. The Labute approximate surface area is 136 Å². The minimum Gasteiger partial charge on any atom is -0.355 e. The van der Waals surface area contributed by atoms with E-state index in [1.165, 1.54) is 6.07 Å². The van der Waals surface area contributed by atoms with Crippen LogP contribution in [0.4, 0.5) is 11.5 Å². The number of aromatic nitrogens is 1. The maximum atomic E-state index is 12.0. The second-order valence-corrected chi connectivity index (χ2v) is 7.02. The maximum absolute atomic E-state index is 12.0. The molecule has 7 nitrogen and oxygen atoms in total. The van der Waals surface area contributed by atoms with Gasteiger partial charge in [0.25, 0.3) is 0 Å². The Kier molecular flexibility index (Phi) is 5.18. The molecule has 0 aromatic carbocycles. The van der Waals surface area contributed by atoms with Crippen molar-refractivity contribution in [1.82, 2.24) is 10.3 Å². The summed E-state index contributed by atoms with van der Waals surface area (Å²) in [7, 11) is 0. The summed E-state index contributed by atoms with van der Waals surface area (Å²) in [4.78, 5) is 28.9. The van der Waals surface area contributed by atoms with Crippen LogP contribution in [0.3, 0.4) is 0 Å². The Hall–Kier alpha value is -2.18. The van der Waals surface area contributed by atoms with E-state index in [-0.39, 0.29) is 17.5 Å². The first kappa shape index (κ1) is 17.2. The Morgan fingerprint density at radius 1 is 1.52 bits per heavy atom. The zero-order chi connectivity index (χ0) is 17.0. The first-order valence-electron chi connectivity index (χ1n) is 7.91. The lowest BCUT2D eigenvalue weighted by Crippen LogP contribution is -2.43. The molecule has 2 rings (SSSR count). The molecule has 2 heterocycles. The van der Waals surface area contributed by atoms with Crippen LogP contribution in [0.2, 0.25) is 0 Å². The van der Waals surface area contributed by atoms with Gasteiger partial charge in [-0.15, -0.1) is 0 Å². The smallest absolute Gasteiger partial charge is 0.311 e. The number of rotatable bonds is 4. The summed E-state index contributed by atoms with van der Waals surface area (Å²) in [5.74, 6) is 0.722. The number of nitrogens with zero attached hydrogens (tertiary/aromatic N) is 3. The molecule has 126 valence electrons. The topological polar surface area (TPSA) is 88.4 Å². The van der Waals surface area contributed by atoms with Gasteiger partial charge in [0.15, 0.2) is 0 Å². The van der Waals surface area contributed by atoms with Crippen molar-refractivity contribution in [3.05, 3.63) is 28.4 Å². The first-order chi connectivity index (χ1) is 10.8. The number of anilines is 1. The Bertz CT molecular complexity index is 583. The summed E-state index contributed by atoms with van der Waals surface area (Å²) in [6, 6.07) is 3.06. The van der Waals surface area contributed by atoms with E-state index in [1.54, 1.807) is 12.3 Å². The lowest BCUT2D eigenvalue weighted by Gasteiger charge is -2.33. The van der Waals surface area contributed by atoms with Crippen LogP contribution in [0.25, 0.3) is 0 Å². The molecule has 1 unspecified atom stereocenters. The van der Waals surface area contributed by atoms with Crippen molar-refractivity contribution < 1.29 is 9.72 Å². The van der Waals surface area contributed by atoms with E-state index >= 15 is 0 Å². The third kappa shape index (κ3) is 4.40. The Balaban J connectivity index is 2.02. The Morgan fingerprint density at radius 2 is 2.26 bits per heavy atom. The number of nitrogens with one attached hydrogen (secondary N) is 1. The predicted octanol–water partition coefficient (Wildman–Crippen LogP) is 2.37. The number of piperidine rings is 1. The highest BCUT2D eigenvalue weighted by Crippen LogP contribution is 2.29. The fourth-order valence-electron chi connectivity index (χ4n) is 2.70. The highest BCUT2D eigenvalue weighted by molar-refractivity contribution is 5.81. The van der Waals surface area contributed by atoms with E-state index in [1.807, 2.05) is 25.7 Å². The SMILES string of the molecule is CC(C)(C)C(=O)NCC1CCCN(c2ncccc2[N+](=O)[O-])C1. The van der Waals surface area contributed by atoms with Gasteiger partial charge in [0.05, 0.1) is 4.92 Å². The summed E-state index contributed by atoms with van der Waals surface area (Å²) in [5, 5.41) is 14.1. The van der Waals surface area contributed by atoms with Gasteiger partial charge in [-0.1, -0.05) is 20.8 Å². The van der Waals surface area contributed by atoms with E-state index in [0.717, 1.165) is 19.4 Å². The fourth-order valence-corrected chi connectivity index (χ4v) is 2.70. The molecule has 1 aliphatic rings. The first-order valence-corrected chi connectivity index (χ1v) is 7.91. The molecule has 1 atom stereocenters. The van der Waals surface area contributed by atoms with Crippen molar-refractivity contribution in [1.29, 1.82) is 0 Å². The monoisotopic (exact) mass is 320 g/mol. The molecule has 0 saturated carbocycles. The molecule has 1 aliphatic heterocycles. The Morgan fingerprint density at radius 3 is 2.91 bits per heavy atom. The predicted molar refractivity (Wildman–Crippen MR) is 88.3 cm³/mol. The summed E-state index contributed by atoms with van der Waals surface area (Å²) in [6.45, 7) is 7.66. The minimum atomic E-state index is -0.409. The molecule has 1 fully saturated rings. The normalized spacial score (nSPS) is 18.6. The fraction of sp³-hybridized carbons (Fsp3) is 0.625. The number of nitro groups is 1. The highest BCUT2D eigenvalue weighted by Gasteiger charge is 2.28. The van der Waals surface area contributed by atoms with Crippen molar-refractivity contribution >= 4 is 17.4 Å². The zero-order valence-electron chi connectivity index (χ0n) is 13.9. The number of amides is 1. The van der Waals surface area contributed by atoms with Crippen molar-refractivity contribution in [3.63, 3.8) is 0 Å². The van der Waals surface area contributed by atoms with E-state index in [9.17, 15) is 14.9 Å². The lowest BCUT2D eigenvalue weighted by atomic mass is 9.94. The number of hydrogen-bond acceptors (Lipinski definition) is 5. The molecule has 1 N–H and O–H groups in total. The van der Waals surface area contributed by atoms with Crippen LogP contribution in [0.1, 0.15) is 33.6 Å². The quantitative estimate of drug-likeness (QED) is 0.679. The number of pyridine rings is 1. The van der Waals surface area contributed by atoms with Gasteiger partial charge >= 0.3 is 5.69 Å². The van der Waals surface area contributed by atoms with Gasteiger partial charge < -0.3 is 10.2 Å². The van der Waals surface area contributed by atoms with Crippen LogP contribution in [0.15, 0.2) is 18.3 Å². The number of carbonyl (C=O) groups excluding carboxylic acids is 1. The van der Waals surface area contributed by atoms with Crippen molar-refractivity contribution in [2.75, 3.05) is 24.5 Å². The van der Waals surface area contributed by atoms with E-state index < -0.39 is 10.3 Å². The van der Waals surface area contributed by atoms with E-state index in [2.05, 4.69) is 10.3 Å². The van der Waals surface area contributed by atoms with Crippen molar-refractivity contribution in [2.24, 2.45) is 11.3 Å². The molecule has 1 aromatic rings. The molecule has 7 heteroatoms. The maximum Gasteiger partial charge on any atom is 0.311 e. The standard InChI is InChI=1S/C16H24N4O3/c1-16(2,3)15(21)18-10-12-6-5-9-19(11-12)14-13(20(22)23)7-4-8-17-14/h4,7-8,12H,5-6,9-11H2,1-3H3,(H,18,21). The lowest BCUT2D eigenvalue weighted by molar-refractivity contribution is -0.384. The minimum absolute atomic E-state index is 0.0263. The van der Waals surface area contributed by atoms with Crippen LogP contribution in [-0.4, -0.2) is 35.4 Å². The van der Waals surface area contributed by atoms with Gasteiger partial charge in [-0.3, -0.25) is 14.9 Å². The van der Waals surface area contributed by atoms with Gasteiger partial charge in [0.1, 0.15) is 0 Å². The summed E-state index contributed by atoms with van der Waals surface area (Å²) in [5.41, 5.74) is -0.374. The highest BCUT2D eigenvalue weighted by atomic mass is 16.6. The van der Waals surface area contributed by atoms with Crippen LogP contribution in [0, 0.1) is 21.4 Å². The second-order valence-electron chi connectivity index (χ2n) is 7.02. The second kappa shape index (κ2) is 6.93. The van der Waals surface area contributed by atoms with Gasteiger partial charge in [0.2, 0.25) is 11.7 Å². The zero-order valence-corrected chi connectivity index (χ0v) is 13.9. The molecule has 1 amide bonds. The van der Waals surface area contributed by atoms with Crippen LogP contribution in [0.5, 0.6) is 0 Å². The average molecular weight is 320 g/mol. The summed E-state index contributed by atoms with van der Waals surface area (Å²) < 4.78 is 0. The van der Waals surface area contributed by atoms with Crippen molar-refractivity contribution in [2.45, 2.75) is 33.6 Å². The molecule has 0 aliphatic carbocycles. The molecule has 0 bridgehead atoms. The van der Waals surface area contributed by atoms with Gasteiger partial charge in [-0.05, 0) is 24.8 Å². The molecular formula is C16H24N4O3. The van der Waals surface area contributed by atoms with Crippen LogP contribution >= 0.6 is 0 Å². The van der Waals surface area contributed by atoms with E-state index in [4.69, 9.17) is 0 Å². The molecule has 1 saturated heterocycles. The van der Waals surface area contributed by atoms with Crippen LogP contribution in [-0.2, 0) is 4.79 Å². The number of hydrogen-bond donors (Lipinski definition) is 1. The molecule has 0 spiro atoms. The summed E-state index contributed by atoms with van der Waals surface area (Å²) in [6.07, 6.45) is 3.51. The third-order valence-electron chi connectivity index (χ3n) is 4.01. The summed E-state index contributed by atoms with van der Waals surface area (Å²) >= 11 is 0.